The first-order chi connectivity index (χ1) is 14.5. The standard InChI is InChI=1S/C22H22ClFN4OS/c1-3-28(4-2)18-11-7-15(8-12-18)13-19(23)21-26-27-22(30-21)20(29)25-14-16-5-9-17(24)10-6-16/h5-13H,3-4,14H2,1-2H3,(H,25,29)/b19-13-. The van der Waals surface area contributed by atoms with Gasteiger partial charge in [-0.3, -0.25) is 4.79 Å². The minimum atomic E-state index is -0.351. The van der Waals surface area contributed by atoms with E-state index in [1.54, 1.807) is 18.2 Å². The minimum absolute atomic E-state index is 0.218. The second-order valence-corrected chi connectivity index (χ2v) is 7.86. The summed E-state index contributed by atoms with van der Waals surface area (Å²) in [7, 11) is 0. The number of carbonyl (C=O) groups excluding carboxylic acids is 1. The van der Waals surface area contributed by atoms with Gasteiger partial charge in [0.25, 0.3) is 5.91 Å². The van der Waals surface area contributed by atoms with Gasteiger partial charge in [0.15, 0.2) is 5.01 Å². The molecule has 1 amide bonds. The first kappa shape index (κ1) is 21.9. The zero-order chi connectivity index (χ0) is 21.5. The number of benzene rings is 2. The van der Waals surface area contributed by atoms with Gasteiger partial charge in [-0.25, -0.2) is 4.39 Å². The van der Waals surface area contributed by atoms with Crippen molar-refractivity contribution in [2.45, 2.75) is 20.4 Å². The van der Waals surface area contributed by atoms with Crippen LogP contribution in [0.5, 0.6) is 0 Å². The van der Waals surface area contributed by atoms with Crippen molar-refractivity contribution in [2.75, 3.05) is 18.0 Å². The summed E-state index contributed by atoms with van der Waals surface area (Å²) < 4.78 is 12.9. The Hall–Kier alpha value is -2.77. The molecule has 1 aromatic heterocycles. The fourth-order valence-electron chi connectivity index (χ4n) is 2.85. The van der Waals surface area contributed by atoms with E-state index in [4.69, 9.17) is 11.6 Å². The summed E-state index contributed by atoms with van der Waals surface area (Å²) in [5, 5.41) is 11.8. The molecule has 0 fully saturated rings. The monoisotopic (exact) mass is 444 g/mol. The van der Waals surface area contributed by atoms with Gasteiger partial charge in [0.2, 0.25) is 5.01 Å². The number of nitrogens with zero attached hydrogens (tertiary/aromatic N) is 3. The van der Waals surface area contributed by atoms with Crippen molar-refractivity contribution in [2.24, 2.45) is 0 Å². The van der Waals surface area contributed by atoms with E-state index in [0.717, 1.165) is 41.2 Å². The van der Waals surface area contributed by atoms with Gasteiger partial charge in [-0.05, 0) is 55.3 Å². The molecule has 0 spiro atoms. The third-order valence-corrected chi connectivity index (χ3v) is 5.86. The number of hydrogen-bond acceptors (Lipinski definition) is 5. The third-order valence-electron chi connectivity index (χ3n) is 4.50. The van der Waals surface area contributed by atoms with Gasteiger partial charge in [0.05, 0.1) is 5.03 Å². The van der Waals surface area contributed by atoms with Crippen LogP contribution in [0.4, 0.5) is 10.1 Å². The molecule has 0 unspecified atom stereocenters. The second-order valence-electron chi connectivity index (χ2n) is 6.48. The molecule has 3 rings (SSSR count). The molecule has 30 heavy (non-hydrogen) atoms. The fourth-order valence-corrected chi connectivity index (χ4v) is 3.80. The molecule has 1 heterocycles. The van der Waals surface area contributed by atoms with Crippen LogP contribution in [-0.2, 0) is 6.54 Å². The number of nitrogens with one attached hydrogen (secondary N) is 1. The number of hydrogen-bond donors (Lipinski definition) is 1. The fraction of sp³-hybridized carbons (Fsp3) is 0.227. The van der Waals surface area contributed by atoms with Crippen LogP contribution in [0.15, 0.2) is 48.5 Å². The summed E-state index contributed by atoms with van der Waals surface area (Å²) in [6.45, 7) is 6.41. The summed E-state index contributed by atoms with van der Waals surface area (Å²) in [4.78, 5) is 14.6. The lowest BCUT2D eigenvalue weighted by atomic mass is 10.2. The maximum absolute atomic E-state index is 12.9. The quantitative estimate of drug-likeness (QED) is 0.519. The number of halogens is 2. The number of carbonyl (C=O) groups is 1. The molecule has 0 bridgehead atoms. The molecule has 0 aliphatic rings. The van der Waals surface area contributed by atoms with E-state index in [9.17, 15) is 9.18 Å². The lowest BCUT2D eigenvalue weighted by molar-refractivity contribution is 0.0950. The van der Waals surface area contributed by atoms with Crippen LogP contribution in [-0.4, -0.2) is 29.2 Å². The highest BCUT2D eigenvalue weighted by Crippen LogP contribution is 2.26. The van der Waals surface area contributed by atoms with E-state index < -0.39 is 0 Å². The van der Waals surface area contributed by atoms with E-state index in [1.165, 1.54) is 12.1 Å². The van der Waals surface area contributed by atoms with Crippen LogP contribution in [0.3, 0.4) is 0 Å². The van der Waals surface area contributed by atoms with Crippen molar-refractivity contribution in [3.8, 4) is 0 Å². The number of amides is 1. The van der Waals surface area contributed by atoms with Gasteiger partial charge in [-0.1, -0.05) is 47.2 Å². The first-order valence-corrected chi connectivity index (χ1v) is 10.8. The van der Waals surface area contributed by atoms with Gasteiger partial charge < -0.3 is 10.2 Å². The Bertz CT molecular complexity index is 1010. The zero-order valence-electron chi connectivity index (χ0n) is 16.7. The van der Waals surface area contributed by atoms with Crippen molar-refractivity contribution in [1.29, 1.82) is 0 Å². The van der Waals surface area contributed by atoms with Crippen molar-refractivity contribution in [3.05, 3.63) is 75.5 Å². The molecular weight excluding hydrogens is 423 g/mol. The van der Waals surface area contributed by atoms with Crippen LogP contribution in [0, 0.1) is 5.82 Å². The van der Waals surface area contributed by atoms with E-state index in [0.29, 0.717) is 10.0 Å². The summed E-state index contributed by atoms with van der Waals surface area (Å²) in [5.41, 5.74) is 2.89. The molecular formula is C22H22ClFN4OS. The number of rotatable bonds is 8. The molecule has 1 N–H and O–H groups in total. The smallest absolute Gasteiger partial charge is 0.282 e. The summed E-state index contributed by atoms with van der Waals surface area (Å²) in [6, 6.07) is 14.0. The number of aromatic nitrogens is 2. The maximum Gasteiger partial charge on any atom is 0.282 e. The molecule has 5 nitrogen and oxygen atoms in total. The Balaban J connectivity index is 1.64. The van der Waals surface area contributed by atoms with Crippen LogP contribution < -0.4 is 10.2 Å². The highest BCUT2D eigenvalue weighted by atomic mass is 35.5. The van der Waals surface area contributed by atoms with E-state index in [1.807, 2.05) is 12.1 Å². The zero-order valence-corrected chi connectivity index (χ0v) is 18.3. The molecule has 0 aliphatic carbocycles. The Morgan fingerprint density at radius 1 is 1.07 bits per heavy atom. The molecule has 3 aromatic rings. The largest absolute Gasteiger partial charge is 0.372 e. The second kappa shape index (κ2) is 10.3. The van der Waals surface area contributed by atoms with Crippen LogP contribution in [0.2, 0.25) is 0 Å². The molecule has 156 valence electrons. The summed E-state index contributed by atoms with van der Waals surface area (Å²) in [5.74, 6) is -0.668. The predicted octanol–water partition coefficient (Wildman–Crippen LogP) is 5.19. The molecule has 0 atom stereocenters. The van der Waals surface area contributed by atoms with Gasteiger partial charge in [-0.2, -0.15) is 0 Å². The summed E-state index contributed by atoms with van der Waals surface area (Å²) in [6.07, 6.45) is 1.80. The SMILES string of the molecule is CCN(CC)c1ccc(/C=C(\Cl)c2nnc(C(=O)NCc3ccc(F)cc3)s2)cc1. The predicted molar refractivity (Wildman–Crippen MR) is 121 cm³/mol. The summed E-state index contributed by atoms with van der Waals surface area (Å²) >= 11 is 7.51. The number of anilines is 1. The third kappa shape index (κ3) is 5.64. The topological polar surface area (TPSA) is 58.1 Å². The molecule has 0 radical (unpaired) electrons. The average molecular weight is 445 g/mol. The normalized spacial score (nSPS) is 11.4. The van der Waals surface area contributed by atoms with Gasteiger partial charge >= 0.3 is 0 Å². The van der Waals surface area contributed by atoms with Gasteiger partial charge in [0, 0.05) is 25.3 Å². The molecule has 0 saturated carbocycles. The van der Waals surface area contributed by atoms with Crippen LogP contribution in [0.1, 0.15) is 39.8 Å². The molecule has 0 aliphatic heterocycles. The minimum Gasteiger partial charge on any atom is -0.372 e. The van der Waals surface area contributed by atoms with Crippen molar-refractivity contribution < 1.29 is 9.18 Å². The van der Waals surface area contributed by atoms with Crippen molar-refractivity contribution >= 4 is 45.6 Å². The van der Waals surface area contributed by atoms with Crippen molar-refractivity contribution in [1.82, 2.24) is 15.5 Å². The van der Waals surface area contributed by atoms with E-state index >= 15 is 0 Å². The van der Waals surface area contributed by atoms with Crippen LogP contribution >= 0.6 is 22.9 Å². The van der Waals surface area contributed by atoms with E-state index in [2.05, 4.69) is 46.4 Å². The van der Waals surface area contributed by atoms with Gasteiger partial charge in [0.1, 0.15) is 5.82 Å². The lowest BCUT2D eigenvalue weighted by Gasteiger charge is -2.20. The first-order valence-electron chi connectivity index (χ1n) is 9.59. The van der Waals surface area contributed by atoms with Crippen LogP contribution in [0.25, 0.3) is 11.1 Å². The molecule has 8 heteroatoms. The van der Waals surface area contributed by atoms with Crippen molar-refractivity contribution in [3.63, 3.8) is 0 Å². The highest BCUT2D eigenvalue weighted by molar-refractivity contribution is 7.15. The Kier molecular flexibility index (Phi) is 7.54. The molecule has 0 saturated heterocycles. The maximum atomic E-state index is 12.9. The van der Waals surface area contributed by atoms with E-state index in [-0.39, 0.29) is 23.3 Å². The van der Waals surface area contributed by atoms with Gasteiger partial charge in [-0.15, -0.1) is 10.2 Å². The average Bonchev–Trinajstić information content (AvgIpc) is 3.26. The highest BCUT2D eigenvalue weighted by Gasteiger charge is 2.14. The lowest BCUT2D eigenvalue weighted by Crippen LogP contribution is -2.22. The Morgan fingerprint density at radius 3 is 2.33 bits per heavy atom. The Labute approximate surface area is 184 Å². The Morgan fingerprint density at radius 2 is 1.70 bits per heavy atom. The molecule has 2 aromatic carbocycles.